The molecule has 0 heterocycles. The van der Waals surface area contributed by atoms with E-state index in [1.165, 1.54) is 37.5 Å². The van der Waals surface area contributed by atoms with Crippen LogP contribution in [0.2, 0.25) is 15.1 Å². The van der Waals surface area contributed by atoms with E-state index >= 15 is 0 Å². The molecule has 1 amide bonds. The molecule has 0 aliphatic carbocycles. The van der Waals surface area contributed by atoms with Gasteiger partial charge in [-0.25, -0.2) is 4.79 Å². The van der Waals surface area contributed by atoms with Gasteiger partial charge >= 0.3 is 5.97 Å². The normalized spacial score (nSPS) is 10.9. The molecule has 3 aromatic carbocycles. The molecule has 34 heavy (non-hydrogen) atoms. The summed E-state index contributed by atoms with van der Waals surface area (Å²) in [5.41, 5.74) is 1.71. The fraction of sp³-hybridized carbons (Fsp3) is 0.0800. The van der Waals surface area contributed by atoms with E-state index in [1.54, 1.807) is 36.4 Å². The number of nitrogens with one attached hydrogen (secondary N) is 1. The van der Waals surface area contributed by atoms with Gasteiger partial charge in [0.1, 0.15) is 24.0 Å². The highest BCUT2D eigenvalue weighted by atomic mass is 35.5. The van der Waals surface area contributed by atoms with Crippen LogP contribution in [0.4, 0.5) is 5.69 Å². The van der Waals surface area contributed by atoms with Gasteiger partial charge in [-0.15, -0.1) is 0 Å². The maximum absolute atomic E-state index is 12.7. The van der Waals surface area contributed by atoms with Gasteiger partial charge < -0.3 is 14.8 Å². The SMILES string of the molecule is COC(=O)c1ccc(NC(=O)/C(C#N)=C/c2cc(Cl)ccc2OCc2ccc(Cl)cc2Cl)cc1. The minimum absolute atomic E-state index is 0.138. The van der Waals surface area contributed by atoms with E-state index in [0.717, 1.165) is 0 Å². The number of ether oxygens (including phenoxy) is 2. The van der Waals surface area contributed by atoms with Gasteiger partial charge in [0.05, 0.1) is 12.7 Å². The van der Waals surface area contributed by atoms with Crippen molar-refractivity contribution < 1.29 is 19.1 Å². The van der Waals surface area contributed by atoms with Crippen LogP contribution in [0.3, 0.4) is 0 Å². The molecule has 0 unspecified atom stereocenters. The van der Waals surface area contributed by atoms with Gasteiger partial charge in [-0.1, -0.05) is 40.9 Å². The highest BCUT2D eigenvalue weighted by Crippen LogP contribution is 2.28. The Kier molecular flexibility index (Phi) is 8.55. The van der Waals surface area contributed by atoms with Crippen molar-refractivity contribution in [2.75, 3.05) is 12.4 Å². The van der Waals surface area contributed by atoms with E-state index in [-0.39, 0.29) is 12.2 Å². The number of nitriles is 1. The van der Waals surface area contributed by atoms with Crippen LogP contribution >= 0.6 is 34.8 Å². The standard InChI is InChI=1S/C25H17Cl3N2O4/c1-33-25(32)15-3-7-21(8-4-15)30-24(31)18(13-29)10-17-11-19(26)6-9-23(17)34-14-16-2-5-20(27)12-22(16)28/h2-12H,14H2,1H3,(H,30,31)/b18-10+. The largest absolute Gasteiger partial charge is 0.488 e. The second-order valence-corrected chi connectivity index (χ2v) is 8.18. The molecule has 9 heteroatoms. The number of carbonyl (C=O) groups is 2. The first kappa shape index (κ1) is 25.1. The van der Waals surface area contributed by atoms with Crippen molar-refractivity contribution in [1.29, 1.82) is 5.26 Å². The lowest BCUT2D eigenvalue weighted by Crippen LogP contribution is -2.13. The molecule has 0 aliphatic heterocycles. The van der Waals surface area contributed by atoms with Gasteiger partial charge in [0.2, 0.25) is 0 Å². The molecule has 0 saturated carbocycles. The molecule has 172 valence electrons. The van der Waals surface area contributed by atoms with Crippen LogP contribution in [0.15, 0.2) is 66.2 Å². The molecule has 0 spiro atoms. The molecular weight excluding hydrogens is 499 g/mol. The van der Waals surface area contributed by atoms with Crippen molar-refractivity contribution >= 4 is 58.4 Å². The van der Waals surface area contributed by atoms with E-state index in [2.05, 4.69) is 10.1 Å². The minimum Gasteiger partial charge on any atom is -0.488 e. The number of rotatable bonds is 7. The van der Waals surface area contributed by atoms with E-state index < -0.39 is 11.9 Å². The molecule has 0 aliphatic rings. The van der Waals surface area contributed by atoms with Gasteiger partial charge in [-0.05, 0) is 60.7 Å². The van der Waals surface area contributed by atoms with Crippen molar-refractivity contribution in [3.05, 3.63) is 98.0 Å². The summed E-state index contributed by atoms with van der Waals surface area (Å²) in [6, 6.07) is 17.9. The average Bonchev–Trinajstić information content (AvgIpc) is 2.82. The maximum Gasteiger partial charge on any atom is 0.337 e. The Balaban J connectivity index is 1.80. The Labute approximate surface area is 211 Å². The smallest absolute Gasteiger partial charge is 0.337 e. The van der Waals surface area contributed by atoms with E-state index in [0.29, 0.717) is 43.2 Å². The number of hydrogen-bond acceptors (Lipinski definition) is 5. The van der Waals surface area contributed by atoms with E-state index in [4.69, 9.17) is 39.5 Å². The third-order valence-corrected chi connectivity index (χ3v) is 5.42. The zero-order valence-corrected chi connectivity index (χ0v) is 20.0. The molecule has 0 fully saturated rings. The number of esters is 1. The van der Waals surface area contributed by atoms with Crippen molar-refractivity contribution in [3.63, 3.8) is 0 Å². The Bertz CT molecular complexity index is 1300. The van der Waals surface area contributed by atoms with Crippen LogP contribution in [0.1, 0.15) is 21.5 Å². The topological polar surface area (TPSA) is 88.4 Å². The first-order valence-electron chi connectivity index (χ1n) is 9.78. The van der Waals surface area contributed by atoms with Crippen molar-refractivity contribution in [1.82, 2.24) is 0 Å². The van der Waals surface area contributed by atoms with Gasteiger partial charge in [-0.2, -0.15) is 5.26 Å². The fourth-order valence-electron chi connectivity index (χ4n) is 2.87. The summed E-state index contributed by atoms with van der Waals surface area (Å²) >= 11 is 18.3. The molecule has 3 rings (SSSR count). The Morgan fingerprint density at radius 1 is 1.00 bits per heavy atom. The molecule has 0 aromatic heterocycles. The maximum atomic E-state index is 12.7. The van der Waals surface area contributed by atoms with E-state index in [9.17, 15) is 14.9 Å². The van der Waals surface area contributed by atoms with Crippen LogP contribution in [-0.2, 0) is 16.1 Å². The van der Waals surface area contributed by atoms with Gasteiger partial charge in [0.15, 0.2) is 0 Å². The number of amides is 1. The summed E-state index contributed by atoms with van der Waals surface area (Å²) < 4.78 is 10.5. The highest BCUT2D eigenvalue weighted by molar-refractivity contribution is 6.35. The quantitative estimate of drug-likeness (QED) is 0.219. The van der Waals surface area contributed by atoms with Gasteiger partial charge in [0, 0.05) is 31.9 Å². The summed E-state index contributed by atoms with van der Waals surface area (Å²) in [6.07, 6.45) is 1.38. The fourth-order valence-corrected chi connectivity index (χ4v) is 3.51. The molecular formula is C25H17Cl3N2O4. The number of nitrogens with zero attached hydrogens (tertiary/aromatic N) is 1. The third kappa shape index (κ3) is 6.52. The highest BCUT2D eigenvalue weighted by Gasteiger charge is 2.13. The zero-order valence-electron chi connectivity index (χ0n) is 17.8. The Morgan fingerprint density at radius 3 is 2.32 bits per heavy atom. The lowest BCUT2D eigenvalue weighted by Gasteiger charge is -2.12. The molecule has 0 atom stereocenters. The van der Waals surface area contributed by atoms with Crippen LogP contribution in [-0.4, -0.2) is 19.0 Å². The molecule has 1 N–H and O–H groups in total. The van der Waals surface area contributed by atoms with Crippen molar-refractivity contribution in [2.45, 2.75) is 6.61 Å². The number of carbonyl (C=O) groups excluding carboxylic acids is 2. The summed E-state index contributed by atoms with van der Waals surface area (Å²) in [5.74, 6) is -0.734. The van der Waals surface area contributed by atoms with E-state index in [1.807, 2.05) is 6.07 Å². The second-order valence-electron chi connectivity index (χ2n) is 6.90. The van der Waals surface area contributed by atoms with Crippen LogP contribution in [0.25, 0.3) is 6.08 Å². The first-order valence-corrected chi connectivity index (χ1v) is 10.9. The summed E-state index contributed by atoms with van der Waals surface area (Å²) in [5, 5.41) is 13.6. The summed E-state index contributed by atoms with van der Waals surface area (Å²) in [4.78, 5) is 24.2. The predicted molar refractivity (Wildman–Crippen MR) is 132 cm³/mol. The number of anilines is 1. The minimum atomic E-state index is -0.639. The number of halogens is 3. The van der Waals surface area contributed by atoms with Crippen LogP contribution in [0.5, 0.6) is 5.75 Å². The molecule has 3 aromatic rings. The first-order chi connectivity index (χ1) is 16.3. The molecule has 6 nitrogen and oxygen atoms in total. The molecule has 0 saturated heterocycles. The third-order valence-electron chi connectivity index (χ3n) is 4.60. The summed E-state index contributed by atoms with van der Waals surface area (Å²) in [7, 11) is 1.28. The lowest BCUT2D eigenvalue weighted by atomic mass is 10.1. The second kappa shape index (κ2) is 11.6. The predicted octanol–water partition coefficient (Wildman–Crippen LogP) is 6.56. The van der Waals surface area contributed by atoms with Crippen LogP contribution < -0.4 is 10.1 Å². The number of methoxy groups -OCH3 is 1. The Morgan fingerprint density at radius 2 is 1.68 bits per heavy atom. The van der Waals surface area contributed by atoms with Crippen LogP contribution in [0, 0.1) is 11.3 Å². The molecule has 0 radical (unpaired) electrons. The number of hydrogen-bond donors (Lipinski definition) is 1. The Hall–Kier alpha value is -3.50. The lowest BCUT2D eigenvalue weighted by molar-refractivity contribution is -0.112. The average molecular weight is 516 g/mol. The number of benzene rings is 3. The zero-order chi connectivity index (χ0) is 24.7. The van der Waals surface area contributed by atoms with Crippen molar-refractivity contribution in [3.8, 4) is 11.8 Å². The van der Waals surface area contributed by atoms with Gasteiger partial charge in [0.25, 0.3) is 5.91 Å². The van der Waals surface area contributed by atoms with Crippen molar-refractivity contribution in [2.24, 2.45) is 0 Å². The molecule has 0 bridgehead atoms. The summed E-state index contributed by atoms with van der Waals surface area (Å²) in [6.45, 7) is 0.138. The monoisotopic (exact) mass is 514 g/mol. The van der Waals surface area contributed by atoms with Gasteiger partial charge in [-0.3, -0.25) is 4.79 Å².